The fourth-order valence-corrected chi connectivity index (χ4v) is 4.19. The molecular formula is C19H20Cl2N2O3S. The van der Waals surface area contributed by atoms with Crippen molar-refractivity contribution in [2.24, 2.45) is 0 Å². The number of halogens is 2. The van der Waals surface area contributed by atoms with Gasteiger partial charge >= 0.3 is 0 Å². The van der Waals surface area contributed by atoms with E-state index in [0.717, 1.165) is 9.75 Å². The summed E-state index contributed by atoms with van der Waals surface area (Å²) in [6.45, 7) is 5.66. The maximum Gasteiger partial charge on any atom is 0.264 e. The van der Waals surface area contributed by atoms with Crippen molar-refractivity contribution in [1.82, 2.24) is 9.80 Å². The molecule has 0 radical (unpaired) electrons. The summed E-state index contributed by atoms with van der Waals surface area (Å²) < 4.78 is 5.70. The van der Waals surface area contributed by atoms with E-state index >= 15 is 0 Å². The fourth-order valence-electron chi connectivity index (χ4n) is 2.90. The quantitative estimate of drug-likeness (QED) is 0.738. The highest BCUT2D eigenvalue weighted by Gasteiger charge is 2.29. The predicted molar refractivity (Wildman–Crippen MR) is 108 cm³/mol. The smallest absolute Gasteiger partial charge is 0.264 e. The maximum absolute atomic E-state index is 12.7. The summed E-state index contributed by atoms with van der Waals surface area (Å²) in [7, 11) is 0. The van der Waals surface area contributed by atoms with Gasteiger partial charge in [-0.25, -0.2) is 0 Å². The Morgan fingerprint density at radius 1 is 1.07 bits per heavy atom. The number of carbonyl (C=O) groups excluding carboxylic acids is 2. The van der Waals surface area contributed by atoms with Gasteiger partial charge in [-0.05, 0) is 44.2 Å². The van der Waals surface area contributed by atoms with Crippen LogP contribution in [0.1, 0.15) is 21.5 Å². The zero-order valence-electron chi connectivity index (χ0n) is 15.1. The lowest BCUT2D eigenvalue weighted by molar-refractivity contribution is -0.139. The van der Waals surface area contributed by atoms with Gasteiger partial charge in [0.25, 0.3) is 11.8 Å². The molecule has 0 bridgehead atoms. The highest BCUT2D eigenvalue weighted by atomic mass is 35.5. The average molecular weight is 427 g/mol. The molecule has 0 N–H and O–H groups in total. The first-order chi connectivity index (χ1) is 12.8. The van der Waals surface area contributed by atoms with E-state index in [0.29, 0.717) is 42.0 Å². The molecule has 2 heterocycles. The van der Waals surface area contributed by atoms with Gasteiger partial charge in [0.15, 0.2) is 6.10 Å². The summed E-state index contributed by atoms with van der Waals surface area (Å²) in [4.78, 5) is 30.5. The van der Waals surface area contributed by atoms with Gasteiger partial charge in [0.2, 0.25) is 0 Å². The van der Waals surface area contributed by atoms with E-state index in [1.807, 2.05) is 19.1 Å². The summed E-state index contributed by atoms with van der Waals surface area (Å²) >= 11 is 13.5. The van der Waals surface area contributed by atoms with Crippen molar-refractivity contribution >= 4 is 46.4 Å². The number of rotatable bonds is 4. The van der Waals surface area contributed by atoms with Crippen LogP contribution in [0.2, 0.25) is 10.0 Å². The van der Waals surface area contributed by atoms with E-state index in [2.05, 4.69) is 0 Å². The SMILES string of the molecule is Cc1ccc(C(=O)N2CCN(C(=O)C(C)Oc3ccc(Cl)cc3Cl)CC2)s1. The molecule has 1 saturated heterocycles. The van der Waals surface area contributed by atoms with Crippen LogP contribution in [0.5, 0.6) is 5.75 Å². The van der Waals surface area contributed by atoms with Crippen molar-refractivity contribution in [3.8, 4) is 5.75 Å². The third-order valence-corrected chi connectivity index (χ3v) is 5.89. The zero-order valence-corrected chi connectivity index (χ0v) is 17.4. The van der Waals surface area contributed by atoms with Gasteiger partial charge in [-0.3, -0.25) is 9.59 Å². The molecule has 1 aliphatic heterocycles. The van der Waals surface area contributed by atoms with E-state index in [9.17, 15) is 9.59 Å². The lowest BCUT2D eigenvalue weighted by atomic mass is 10.2. The summed E-state index contributed by atoms with van der Waals surface area (Å²) in [5.41, 5.74) is 0. The number of benzene rings is 1. The predicted octanol–water partition coefficient (Wildman–Crippen LogP) is 4.12. The standard InChI is InChI=1S/C19H20Cl2N2O3S/c1-12-3-6-17(27-12)19(25)23-9-7-22(8-10-23)18(24)13(2)26-16-5-4-14(20)11-15(16)21/h3-6,11,13H,7-10H2,1-2H3. The lowest BCUT2D eigenvalue weighted by Crippen LogP contribution is -2.53. The third-order valence-electron chi connectivity index (χ3n) is 4.38. The number of carbonyl (C=O) groups is 2. The third kappa shape index (κ3) is 4.75. The molecule has 2 amide bonds. The van der Waals surface area contributed by atoms with Gasteiger partial charge in [-0.15, -0.1) is 11.3 Å². The summed E-state index contributed by atoms with van der Waals surface area (Å²) in [6, 6.07) is 8.68. The topological polar surface area (TPSA) is 49.9 Å². The minimum atomic E-state index is -0.675. The molecule has 1 fully saturated rings. The van der Waals surface area contributed by atoms with Crippen LogP contribution in [-0.2, 0) is 4.79 Å². The number of amides is 2. The van der Waals surface area contributed by atoms with Crippen molar-refractivity contribution in [1.29, 1.82) is 0 Å². The van der Waals surface area contributed by atoms with Gasteiger partial charge in [0.05, 0.1) is 9.90 Å². The number of hydrogen-bond acceptors (Lipinski definition) is 4. The van der Waals surface area contributed by atoms with Crippen molar-refractivity contribution in [3.05, 3.63) is 50.1 Å². The zero-order chi connectivity index (χ0) is 19.6. The van der Waals surface area contributed by atoms with Crippen LogP contribution in [0.15, 0.2) is 30.3 Å². The average Bonchev–Trinajstić information content (AvgIpc) is 3.09. The Kier molecular flexibility index (Phi) is 6.29. The minimum absolute atomic E-state index is 0.0254. The van der Waals surface area contributed by atoms with Gasteiger partial charge in [-0.1, -0.05) is 23.2 Å². The van der Waals surface area contributed by atoms with Crippen LogP contribution >= 0.6 is 34.5 Å². The molecule has 5 nitrogen and oxygen atoms in total. The molecule has 1 aliphatic rings. The van der Waals surface area contributed by atoms with Crippen molar-refractivity contribution < 1.29 is 14.3 Å². The molecule has 8 heteroatoms. The largest absolute Gasteiger partial charge is 0.479 e. The van der Waals surface area contributed by atoms with E-state index < -0.39 is 6.10 Å². The van der Waals surface area contributed by atoms with E-state index in [-0.39, 0.29) is 11.8 Å². The maximum atomic E-state index is 12.7. The van der Waals surface area contributed by atoms with Crippen LogP contribution in [0.4, 0.5) is 0 Å². The van der Waals surface area contributed by atoms with Crippen molar-refractivity contribution in [2.45, 2.75) is 20.0 Å². The Hall–Kier alpha value is -1.76. The van der Waals surface area contributed by atoms with E-state index in [1.165, 1.54) is 11.3 Å². The molecule has 2 aromatic rings. The molecule has 1 aromatic heterocycles. The first-order valence-electron chi connectivity index (χ1n) is 8.61. The first-order valence-corrected chi connectivity index (χ1v) is 10.2. The molecule has 0 spiro atoms. The van der Waals surface area contributed by atoms with Gasteiger partial charge in [0.1, 0.15) is 5.75 Å². The lowest BCUT2D eigenvalue weighted by Gasteiger charge is -2.35. The summed E-state index contributed by atoms with van der Waals surface area (Å²) in [5.74, 6) is 0.321. The second-order valence-corrected chi connectivity index (χ2v) is 8.49. The number of thiophene rings is 1. The molecule has 1 aromatic carbocycles. The Morgan fingerprint density at radius 2 is 1.74 bits per heavy atom. The van der Waals surface area contributed by atoms with Gasteiger partial charge < -0.3 is 14.5 Å². The molecule has 0 saturated carbocycles. The van der Waals surface area contributed by atoms with Crippen LogP contribution in [0.3, 0.4) is 0 Å². The van der Waals surface area contributed by atoms with Gasteiger partial charge in [-0.2, -0.15) is 0 Å². The number of aryl methyl sites for hydroxylation is 1. The van der Waals surface area contributed by atoms with E-state index in [1.54, 1.807) is 34.9 Å². The van der Waals surface area contributed by atoms with Crippen molar-refractivity contribution in [3.63, 3.8) is 0 Å². The Labute approximate surface area is 172 Å². The molecular weight excluding hydrogens is 407 g/mol. The first kappa shape index (κ1) is 20.0. The van der Waals surface area contributed by atoms with Gasteiger partial charge in [0, 0.05) is 36.1 Å². The van der Waals surface area contributed by atoms with E-state index in [4.69, 9.17) is 27.9 Å². The Bertz CT molecular complexity index is 847. The van der Waals surface area contributed by atoms with Crippen LogP contribution in [0.25, 0.3) is 0 Å². The van der Waals surface area contributed by atoms with Crippen LogP contribution < -0.4 is 4.74 Å². The normalized spacial score (nSPS) is 15.6. The minimum Gasteiger partial charge on any atom is -0.479 e. The van der Waals surface area contributed by atoms with Crippen LogP contribution in [-0.4, -0.2) is 53.9 Å². The second-order valence-electron chi connectivity index (χ2n) is 6.36. The Balaban J connectivity index is 1.55. The molecule has 144 valence electrons. The highest BCUT2D eigenvalue weighted by Crippen LogP contribution is 2.28. The molecule has 27 heavy (non-hydrogen) atoms. The summed E-state index contributed by atoms with van der Waals surface area (Å²) in [5, 5.41) is 0.872. The fraction of sp³-hybridized carbons (Fsp3) is 0.368. The number of hydrogen-bond donors (Lipinski definition) is 0. The van der Waals surface area contributed by atoms with Crippen molar-refractivity contribution in [2.75, 3.05) is 26.2 Å². The molecule has 1 unspecified atom stereocenters. The molecule has 0 aliphatic carbocycles. The number of ether oxygens (including phenoxy) is 1. The highest BCUT2D eigenvalue weighted by molar-refractivity contribution is 7.13. The number of piperazine rings is 1. The van der Waals surface area contributed by atoms with Crippen LogP contribution in [0, 0.1) is 6.92 Å². The summed E-state index contributed by atoms with van der Waals surface area (Å²) in [6.07, 6.45) is -0.675. The Morgan fingerprint density at radius 3 is 2.33 bits per heavy atom. The molecule has 1 atom stereocenters. The number of nitrogens with zero attached hydrogens (tertiary/aromatic N) is 2. The second kappa shape index (κ2) is 8.50. The molecule has 3 rings (SSSR count). The monoisotopic (exact) mass is 426 g/mol.